The molecule has 9 nitrogen and oxygen atoms in total. The van der Waals surface area contributed by atoms with Gasteiger partial charge in [0, 0.05) is 19.5 Å². The summed E-state index contributed by atoms with van der Waals surface area (Å²) in [5.74, 6) is 2.73. The van der Waals surface area contributed by atoms with E-state index < -0.39 is 11.6 Å². The van der Waals surface area contributed by atoms with Gasteiger partial charge < -0.3 is 24.9 Å². The first-order chi connectivity index (χ1) is 16.7. The van der Waals surface area contributed by atoms with Crippen LogP contribution in [0.3, 0.4) is 0 Å². The molecule has 0 aliphatic carbocycles. The van der Waals surface area contributed by atoms with E-state index in [1.165, 1.54) is 32.1 Å². The summed E-state index contributed by atoms with van der Waals surface area (Å²) >= 11 is 0. The van der Waals surface area contributed by atoms with Crippen molar-refractivity contribution in [2.45, 2.75) is 96.8 Å². The van der Waals surface area contributed by atoms with Crippen molar-refractivity contribution in [3.8, 4) is 12.3 Å². The number of unbranched alkanes of at least 4 members (excludes halogenated alkanes) is 6. The van der Waals surface area contributed by atoms with Crippen molar-refractivity contribution in [3.63, 3.8) is 0 Å². The standard InChI is InChI=1S/C24H34N4O3.C2H4O2/c1-4-6-7-8-9-10-11-12-21(29)30-17-24(5-2)15-13-20(31-24)28-16-14-19-22(25)26-18(3)27-23(19)28;1-2(3)4/h2,14,16,20H,4,6-13,15,17H2,1,3H3,(H2,25,26,27);1H3,(H,3,4). The zero-order chi connectivity index (χ0) is 25.8. The molecule has 2 aromatic heterocycles. The molecule has 1 aliphatic rings. The molecule has 0 spiro atoms. The van der Waals surface area contributed by atoms with Crippen LogP contribution in [0.2, 0.25) is 0 Å². The number of fused-ring (bicyclic) bond motifs is 1. The molecule has 3 N–H and O–H groups in total. The maximum atomic E-state index is 12.2. The number of terminal acetylenes is 1. The molecule has 0 bridgehead atoms. The van der Waals surface area contributed by atoms with Crippen molar-refractivity contribution in [3.05, 3.63) is 18.1 Å². The van der Waals surface area contributed by atoms with Crippen LogP contribution < -0.4 is 5.73 Å². The SMILES string of the molecule is C#CC1(COC(=O)CCCCCCCCC)CCC(n2ccc3c(N)nc(C)nc32)O1.CC(=O)O. The van der Waals surface area contributed by atoms with E-state index in [9.17, 15) is 4.79 Å². The van der Waals surface area contributed by atoms with E-state index in [1.807, 2.05) is 16.8 Å². The number of nitrogen functional groups attached to an aromatic ring is 1. The zero-order valence-electron chi connectivity index (χ0n) is 21.1. The van der Waals surface area contributed by atoms with Crippen LogP contribution in [0, 0.1) is 19.3 Å². The lowest BCUT2D eigenvalue weighted by Crippen LogP contribution is -2.34. The highest BCUT2D eigenvalue weighted by molar-refractivity contribution is 5.86. The minimum absolute atomic E-state index is 0.0741. The molecule has 1 saturated heterocycles. The Bertz CT molecular complexity index is 1020. The van der Waals surface area contributed by atoms with Crippen LogP contribution in [0.5, 0.6) is 0 Å². The van der Waals surface area contributed by atoms with Crippen LogP contribution in [-0.4, -0.2) is 43.8 Å². The number of esters is 1. The minimum atomic E-state index is -0.912. The third kappa shape index (κ3) is 8.55. The van der Waals surface area contributed by atoms with Crippen LogP contribution in [0.25, 0.3) is 11.0 Å². The molecular formula is C26H38N4O5. The highest BCUT2D eigenvalue weighted by atomic mass is 16.6. The lowest BCUT2D eigenvalue weighted by atomic mass is 10.0. The predicted molar refractivity (Wildman–Crippen MR) is 134 cm³/mol. The molecule has 35 heavy (non-hydrogen) atoms. The fraction of sp³-hybridized carbons (Fsp3) is 0.615. The normalized spacial score (nSPS) is 19.1. The number of hydrogen-bond acceptors (Lipinski definition) is 7. The van der Waals surface area contributed by atoms with E-state index in [-0.39, 0.29) is 18.8 Å². The second kappa shape index (κ2) is 13.7. The van der Waals surface area contributed by atoms with Gasteiger partial charge in [-0.2, -0.15) is 0 Å². The monoisotopic (exact) mass is 486 g/mol. The van der Waals surface area contributed by atoms with E-state index in [2.05, 4.69) is 22.8 Å². The van der Waals surface area contributed by atoms with Gasteiger partial charge in [-0.05, 0) is 32.3 Å². The summed E-state index contributed by atoms with van der Waals surface area (Å²) in [5, 5.41) is 8.20. The highest BCUT2D eigenvalue weighted by Gasteiger charge is 2.41. The Labute approximate surface area is 207 Å². The number of ether oxygens (including phenoxy) is 2. The summed E-state index contributed by atoms with van der Waals surface area (Å²) in [4.78, 5) is 29.9. The number of aryl methyl sites for hydroxylation is 1. The van der Waals surface area contributed by atoms with Gasteiger partial charge in [0.1, 0.15) is 30.1 Å². The fourth-order valence-corrected chi connectivity index (χ4v) is 4.08. The molecule has 192 valence electrons. The molecule has 3 rings (SSSR count). The van der Waals surface area contributed by atoms with E-state index in [1.54, 1.807) is 6.92 Å². The van der Waals surface area contributed by atoms with Crippen molar-refractivity contribution in [1.29, 1.82) is 0 Å². The lowest BCUT2D eigenvalue weighted by Gasteiger charge is -2.24. The van der Waals surface area contributed by atoms with Crippen molar-refractivity contribution in [1.82, 2.24) is 14.5 Å². The molecule has 1 fully saturated rings. The Kier molecular flexibility index (Phi) is 11.0. The van der Waals surface area contributed by atoms with Gasteiger partial charge >= 0.3 is 5.97 Å². The first-order valence-corrected chi connectivity index (χ1v) is 12.3. The molecule has 2 aromatic rings. The molecule has 0 amide bonds. The van der Waals surface area contributed by atoms with Gasteiger partial charge in [-0.25, -0.2) is 9.97 Å². The van der Waals surface area contributed by atoms with Crippen LogP contribution in [-0.2, 0) is 19.1 Å². The van der Waals surface area contributed by atoms with Gasteiger partial charge in [-0.15, -0.1) is 6.42 Å². The Balaban J connectivity index is 0.00000100. The van der Waals surface area contributed by atoms with Gasteiger partial charge in [0.05, 0.1) is 5.39 Å². The Morgan fingerprint density at radius 2 is 1.94 bits per heavy atom. The number of carbonyl (C=O) groups is 2. The molecule has 0 aromatic carbocycles. The number of carbonyl (C=O) groups excluding carboxylic acids is 1. The smallest absolute Gasteiger partial charge is 0.305 e. The number of nitrogens with two attached hydrogens (primary N) is 1. The largest absolute Gasteiger partial charge is 0.481 e. The van der Waals surface area contributed by atoms with Crippen LogP contribution >= 0.6 is 0 Å². The van der Waals surface area contributed by atoms with Crippen LogP contribution in [0.1, 0.15) is 90.1 Å². The second-order valence-corrected chi connectivity index (χ2v) is 8.92. The summed E-state index contributed by atoms with van der Waals surface area (Å²) in [6.45, 7) is 5.17. The average molecular weight is 487 g/mol. The number of carboxylic acids is 1. The van der Waals surface area contributed by atoms with Crippen molar-refractivity contribution >= 4 is 28.8 Å². The molecule has 0 radical (unpaired) electrons. The summed E-state index contributed by atoms with van der Waals surface area (Å²) in [5.41, 5.74) is 5.82. The fourth-order valence-electron chi connectivity index (χ4n) is 4.08. The number of carboxylic acid groups (broad SMARTS) is 1. The third-order valence-corrected chi connectivity index (χ3v) is 5.89. The maximum Gasteiger partial charge on any atom is 0.305 e. The number of aliphatic carboxylic acids is 1. The van der Waals surface area contributed by atoms with E-state index in [0.717, 1.165) is 30.8 Å². The molecule has 2 atom stereocenters. The number of anilines is 1. The van der Waals surface area contributed by atoms with E-state index in [4.69, 9.17) is 31.5 Å². The quantitative estimate of drug-likeness (QED) is 0.264. The Morgan fingerprint density at radius 3 is 2.60 bits per heavy atom. The van der Waals surface area contributed by atoms with Crippen molar-refractivity contribution < 1.29 is 24.2 Å². The van der Waals surface area contributed by atoms with Gasteiger partial charge in [0.25, 0.3) is 5.97 Å². The molecule has 1 aliphatic heterocycles. The van der Waals surface area contributed by atoms with Crippen molar-refractivity contribution in [2.75, 3.05) is 12.3 Å². The number of nitrogens with zero attached hydrogens (tertiary/aromatic N) is 3. The summed E-state index contributed by atoms with van der Waals surface area (Å²) in [7, 11) is 0. The van der Waals surface area contributed by atoms with Gasteiger partial charge in [0.15, 0.2) is 5.60 Å². The molecule has 0 saturated carbocycles. The predicted octanol–water partition coefficient (Wildman–Crippen LogP) is 4.78. The molecule has 9 heteroatoms. The third-order valence-electron chi connectivity index (χ3n) is 5.89. The van der Waals surface area contributed by atoms with Crippen molar-refractivity contribution in [2.24, 2.45) is 0 Å². The van der Waals surface area contributed by atoms with Gasteiger partial charge in [0.2, 0.25) is 0 Å². The average Bonchev–Trinajstić information content (AvgIpc) is 3.41. The lowest BCUT2D eigenvalue weighted by molar-refractivity contribution is -0.152. The van der Waals surface area contributed by atoms with Crippen LogP contribution in [0.15, 0.2) is 12.3 Å². The summed E-state index contributed by atoms with van der Waals surface area (Å²) in [6, 6.07) is 1.88. The number of hydrogen-bond donors (Lipinski definition) is 2. The number of aromatic nitrogens is 3. The first kappa shape index (κ1) is 28.1. The van der Waals surface area contributed by atoms with E-state index >= 15 is 0 Å². The first-order valence-electron chi connectivity index (χ1n) is 12.3. The second-order valence-electron chi connectivity index (χ2n) is 8.92. The maximum absolute atomic E-state index is 12.2. The topological polar surface area (TPSA) is 130 Å². The van der Waals surface area contributed by atoms with Gasteiger partial charge in [-0.3, -0.25) is 9.59 Å². The molecular weight excluding hydrogens is 448 g/mol. The molecule has 2 unspecified atom stereocenters. The minimum Gasteiger partial charge on any atom is -0.481 e. The number of rotatable bonds is 11. The van der Waals surface area contributed by atoms with Gasteiger partial charge in [-0.1, -0.05) is 51.4 Å². The molecule has 3 heterocycles. The Morgan fingerprint density at radius 1 is 1.29 bits per heavy atom. The zero-order valence-corrected chi connectivity index (χ0v) is 21.1. The van der Waals surface area contributed by atoms with E-state index in [0.29, 0.717) is 30.9 Å². The van der Waals surface area contributed by atoms with Crippen LogP contribution in [0.4, 0.5) is 5.82 Å². The summed E-state index contributed by atoms with van der Waals surface area (Å²) < 4.78 is 13.6. The Hall–Kier alpha value is -3.12. The highest BCUT2D eigenvalue weighted by Crippen LogP contribution is 2.38. The summed E-state index contributed by atoms with van der Waals surface area (Å²) in [6.07, 6.45) is 17.3.